The number of urea groups is 1. The smallest absolute Gasteiger partial charge is 0.307 e. The van der Waals surface area contributed by atoms with E-state index in [1.807, 2.05) is 32.9 Å². The molecule has 2 rings (SSSR count). The molecule has 21 heavy (non-hydrogen) atoms. The quantitative estimate of drug-likeness (QED) is 0.746. The Morgan fingerprint density at radius 1 is 0.952 bits per heavy atom. The second-order valence-corrected chi connectivity index (χ2v) is 5.82. The van der Waals surface area contributed by atoms with Gasteiger partial charge in [-0.25, -0.2) is 4.79 Å². The molecule has 2 aromatic rings. The molecule has 0 atom stereocenters. The Bertz CT molecular complexity index is 676. The molecule has 0 heterocycles. The maximum atomic E-state index is 12.1. The van der Waals surface area contributed by atoms with E-state index in [2.05, 4.69) is 10.6 Å². The van der Waals surface area contributed by atoms with Crippen LogP contribution in [0.3, 0.4) is 0 Å². The number of hydrogen-bond acceptors (Lipinski definition) is 1. The van der Waals surface area contributed by atoms with Gasteiger partial charge in [0.25, 0.3) is 0 Å². The molecule has 2 amide bonds. The Morgan fingerprint density at radius 2 is 1.57 bits per heavy atom. The fourth-order valence-corrected chi connectivity index (χ4v) is 2.57. The van der Waals surface area contributed by atoms with Crippen LogP contribution in [-0.2, 0) is 0 Å². The van der Waals surface area contributed by atoms with Crippen molar-refractivity contribution in [3.05, 3.63) is 57.1 Å². The highest BCUT2D eigenvalue weighted by atomic mass is 35.5. The van der Waals surface area contributed by atoms with Crippen molar-refractivity contribution in [3.63, 3.8) is 0 Å². The molecule has 0 fully saturated rings. The van der Waals surface area contributed by atoms with Crippen molar-refractivity contribution in [2.45, 2.75) is 20.8 Å². The van der Waals surface area contributed by atoms with E-state index in [9.17, 15) is 4.79 Å². The molecule has 0 unspecified atom stereocenters. The van der Waals surface area contributed by atoms with Crippen LogP contribution in [0.4, 0.5) is 16.2 Å². The third-order valence-electron chi connectivity index (χ3n) is 3.09. The van der Waals surface area contributed by atoms with Gasteiger partial charge in [0.2, 0.25) is 0 Å². The molecule has 110 valence electrons. The zero-order chi connectivity index (χ0) is 15.6. The molecule has 0 aliphatic rings. The van der Waals surface area contributed by atoms with Crippen LogP contribution in [0.15, 0.2) is 30.3 Å². The summed E-state index contributed by atoms with van der Waals surface area (Å²) in [6.07, 6.45) is 0. The first-order chi connectivity index (χ1) is 9.86. The highest BCUT2D eigenvalue weighted by Gasteiger charge is 2.10. The topological polar surface area (TPSA) is 41.1 Å². The lowest BCUT2D eigenvalue weighted by Gasteiger charge is -2.14. The number of halogens is 2. The van der Waals surface area contributed by atoms with Crippen molar-refractivity contribution >= 4 is 40.6 Å². The summed E-state index contributed by atoms with van der Waals surface area (Å²) < 4.78 is 0. The third-order valence-corrected chi connectivity index (χ3v) is 3.66. The van der Waals surface area contributed by atoms with E-state index in [-0.39, 0.29) is 6.03 Å². The number of carbonyl (C=O) groups excluding carboxylic acids is 1. The number of nitrogens with one attached hydrogen (secondary N) is 2. The van der Waals surface area contributed by atoms with Gasteiger partial charge in [0, 0.05) is 10.7 Å². The standard InChI is InChI=1S/C16H16Cl2N2O/c1-9-6-10(2)15(11(3)7-9)20-16(21)19-14-8-12(17)4-5-13(14)18/h4-8H,1-3H3,(H2,19,20,21). The SMILES string of the molecule is Cc1cc(C)c(NC(=O)Nc2cc(Cl)ccc2Cl)c(C)c1. The first-order valence-electron chi connectivity index (χ1n) is 6.47. The second-order valence-electron chi connectivity index (χ2n) is 4.98. The minimum atomic E-state index is -0.353. The Labute approximate surface area is 134 Å². The number of rotatable bonds is 2. The van der Waals surface area contributed by atoms with Crippen molar-refractivity contribution in [2.24, 2.45) is 0 Å². The summed E-state index contributed by atoms with van der Waals surface area (Å²) in [5.41, 5.74) is 4.47. The molecule has 0 saturated carbocycles. The van der Waals surface area contributed by atoms with Gasteiger partial charge in [0.1, 0.15) is 0 Å². The van der Waals surface area contributed by atoms with Gasteiger partial charge in [-0.05, 0) is 50.1 Å². The summed E-state index contributed by atoms with van der Waals surface area (Å²) in [6, 6.07) is 8.61. The monoisotopic (exact) mass is 322 g/mol. The van der Waals surface area contributed by atoms with E-state index < -0.39 is 0 Å². The van der Waals surface area contributed by atoms with Gasteiger partial charge in [-0.1, -0.05) is 40.9 Å². The minimum absolute atomic E-state index is 0.353. The zero-order valence-electron chi connectivity index (χ0n) is 12.1. The van der Waals surface area contributed by atoms with Gasteiger partial charge in [-0.2, -0.15) is 0 Å². The van der Waals surface area contributed by atoms with Gasteiger partial charge in [-0.3, -0.25) is 0 Å². The molecule has 0 radical (unpaired) electrons. The lowest BCUT2D eigenvalue weighted by Crippen LogP contribution is -2.20. The van der Waals surface area contributed by atoms with Gasteiger partial charge in [0.15, 0.2) is 0 Å². The van der Waals surface area contributed by atoms with E-state index in [4.69, 9.17) is 23.2 Å². The second kappa shape index (κ2) is 6.37. The Balaban J connectivity index is 2.17. The van der Waals surface area contributed by atoms with Crippen LogP contribution in [0.25, 0.3) is 0 Å². The summed E-state index contributed by atoms with van der Waals surface area (Å²) in [7, 11) is 0. The summed E-state index contributed by atoms with van der Waals surface area (Å²) in [5, 5.41) is 6.50. The van der Waals surface area contributed by atoms with Crippen molar-refractivity contribution in [1.29, 1.82) is 0 Å². The molecule has 0 saturated heterocycles. The Kier molecular flexibility index (Phi) is 4.76. The highest BCUT2D eigenvalue weighted by molar-refractivity contribution is 6.35. The van der Waals surface area contributed by atoms with Gasteiger partial charge >= 0.3 is 6.03 Å². The van der Waals surface area contributed by atoms with Crippen LogP contribution in [0, 0.1) is 20.8 Å². The lowest BCUT2D eigenvalue weighted by atomic mass is 10.1. The zero-order valence-corrected chi connectivity index (χ0v) is 13.6. The summed E-state index contributed by atoms with van der Waals surface area (Å²) in [5.74, 6) is 0. The maximum Gasteiger partial charge on any atom is 0.323 e. The number of benzene rings is 2. The Morgan fingerprint density at radius 3 is 2.19 bits per heavy atom. The fraction of sp³-hybridized carbons (Fsp3) is 0.188. The predicted octanol–water partition coefficient (Wildman–Crippen LogP) is 5.56. The number of hydrogen-bond donors (Lipinski definition) is 2. The van der Waals surface area contributed by atoms with Crippen molar-refractivity contribution in [3.8, 4) is 0 Å². The molecule has 2 aromatic carbocycles. The first-order valence-corrected chi connectivity index (χ1v) is 7.23. The molecule has 0 bridgehead atoms. The normalized spacial score (nSPS) is 10.3. The minimum Gasteiger partial charge on any atom is -0.307 e. The van der Waals surface area contributed by atoms with Crippen LogP contribution in [0.5, 0.6) is 0 Å². The summed E-state index contributed by atoms with van der Waals surface area (Å²) in [6.45, 7) is 5.94. The average Bonchev–Trinajstić information content (AvgIpc) is 2.38. The van der Waals surface area contributed by atoms with E-state index in [0.29, 0.717) is 15.7 Å². The number of amides is 2. The number of aryl methyl sites for hydroxylation is 3. The highest BCUT2D eigenvalue weighted by Crippen LogP contribution is 2.26. The van der Waals surface area contributed by atoms with Crippen molar-refractivity contribution in [1.82, 2.24) is 0 Å². The van der Waals surface area contributed by atoms with Crippen molar-refractivity contribution < 1.29 is 4.79 Å². The van der Waals surface area contributed by atoms with E-state index in [0.717, 1.165) is 22.4 Å². The summed E-state index contributed by atoms with van der Waals surface area (Å²) >= 11 is 11.9. The van der Waals surface area contributed by atoms with Crippen LogP contribution in [-0.4, -0.2) is 6.03 Å². The van der Waals surface area contributed by atoms with Crippen molar-refractivity contribution in [2.75, 3.05) is 10.6 Å². The lowest BCUT2D eigenvalue weighted by molar-refractivity contribution is 0.262. The number of anilines is 2. The third kappa shape index (κ3) is 3.90. The molecule has 5 heteroatoms. The molecule has 0 spiro atoms. The van der Waals surface area contributed by atoms with Gasteiger partial charge in [0.05, 0.1) is 10.7 Å². The molecule has 0 aliphatic carbocycles. The van der Waals surface area contributed by atoms with E-state index in [1.165, 1.54) is 0 Å². The van der Waals surface area contributed by atoms with Crippen LogP contribution >= 0.6 is 23.2 Å². The fourth-order valence-electron chi connectivity index (χ4n) is 2.24. The van der Waals surface area contributed by atoms with E-state index in [1.54, 1.807) is 18.2 Å². The van der Waals surface area contributed by atoms with Crippen LogP contribution in [0.1, 0.15) is 16.7 Å². The first kappa shape index (κ1) is 15.7. The Hall–Kier alpha value is -1.71. The predicted molar refractivity (Wildman–Crippen MR) is 89.8 cm³/mol. The summed E-state index contributed by atoms with van der Waals surface area (Å²) in [4.78, 5) is 12.1. The van der Waals surface area contributed by atoms with E-state index >= 15 is 0 Å². The number of carbonyl (C=O) groups is 1. The molecular formula is C16H16Cl2N2O. The largest absolute Gasteiger partial charge is 0.323 e. The van der Waals surface area contributed by atoms with Crippen LogP contribution < -0.4 is 10.6 Å². The van der Waals surface area contributed by atoms with Gasteiger partial charge < -0.3 is 10.6 Å². The molecule has 0 aliphatic heterocycles. The molecular weight excluding hydrogens is 307 g/mol. The maximum absolute atomic E-state index is 12.1. The van der Waals surface area contributed by atoms with Gasteiger partial charge in [-0.15, -0.1) is 0 Å². The average molecular weight is 323 g/mol. The molecule has 3 nitrogen and oxygen atoms in total. The molecule has 2 N–H and O–H groups in total. The molecule has 0 aromatic heterocycles. The van der Waals surface area contributed by atoms with Crippen LogP contribution in [0.2, 0.25) is 10.0 Å².